The van der Waals surface area contributed by atoms with Crippen LogP contribution in [0.4, 0.5) is 4.39 Å². The smallest absolute Gasteiger partial charge is 0.239 e. The molecule has 3 N–H and O–H groups in total. The van der Waals surface area contributed by atoms with E-state index in [1.54, 1.807) is 6.07 Å². The largest absolute Gasteiger partial charge is 0.357 e. The molecule has 0 aliphatic rings. The molecule has 5 nitrogen and oxygen atoms in total. The van der Waals surface area contributed by atoms with Gasteiger partial charge in [-0.25, -0.2) is 9.38 Å². The maximum absolute atomic E-state index is 13.2. The minimum atomic E-state index is -0.284. The van der Waals surface area contributed by atoms with Crippen molar-refractivity contribution in [3.05, 3.63) is 71.5 Å². The van der Waals surface area contributed by atoms with Gasteiger partial charge >= 0.3 is 0 Å². The van der Waals surface area contributed by atoms with Crippen LogP contribution in [0.5, 0.6) is 0 Å². The molecule has 0 fully saturated rings. The van der Waals surface area contributed by atoms with Crippen LogP contribution in [0.3, 0.4) is 0 Å². The van der Waals surface area contributed by atoms with Crippen molar-refractivity contribution >= 4 is 11.9 Å². The summed E-state index contributed by atoms with van der Waals surface area (Å²) in [5.74, 6) is 0.140. The number of nitrogens with zero attached hydrogens (tertiary/aromatic N) is 1. The van der Waals surface area contributed by atoms with Crippen LogP contribution in [0.25, 0.3) is 0 Å². The Morgan fingerprint density at radius 1 is 1.00 bits per heavy atom. The second-order valence-electron chi connectivity index (χ2n) is 5.76. The van der Waals surface area contributed by atoms with Crippen LogP contribution >= 0.6 is 0 Å². The molecule has 0 atom stereocenters. The van der Waals surface area contributed by atoms with E-state index in [2.05, 4.69) is 20.9 Å². The fourth-order valence-corrected chi connectivity index (χ4v) is 2.36. The molecule has 138 valence electrons. The van der Waals surface area contributed by atoms with E-state index in [4.69, 9.17) is 0 Å². The Morgan fingerprint density at radius 2 is 1.77 bits per heavy atom. The van der Waals surface area contributed by atoms with Gasteiger partial charge in [-0.15, -0.1) is 0 Å². The first kappa shape index (κ1) is 19.4. The minimum absolute atomic E-state index is 0.0997. The van der Waals surface area contributed by atoms with E-state index in [-0.39, 0.29) is 18.3 Å². The number of rotatable bonds is 8. The third-order valence-electron chi connectivity index (χ3n) is 3.65. The van der Waals surface area contributed by atoms with E-state index in [1.807, 2.05) is 43.3 Å². The van der Waals surface area contributed by atoms with Crippen LogP contribution in [0.1, 0.15) is 18.1 Å². The van der Waals surface area contributed by atoms with Gasteiger partial charge in [0.05, 0.1) is 13.1 Å². The summed E-state index contributed by atoms with van der Waals surface area (Å²) in [6.07, 6.45) is 0.792. The zero-order chi connectivity index (χ0) is 18.6. The summed E-state index contributed by atoms with van der Waals surface area (Å²) in [7, 11) is 0. The zero-order valence-corrected chi connectivity index (χ0v) is 15.0. The maximum atomic E-state index is 13.2. The first-order valence-corrected chi connectivity index (χ1v) is 8.74. The number of carbonyl (C=O) groups excluding carboxylic acids is 1. The Bertz CT molecular complexity index is 719. The van der Waals surface area contributed by atoms with E-state index >= 15 is 0 Å². The Balaban J connectivity index is 1.75. The molecule has 0 aliphatic carbocycles. The number of hydrogen-bond donors (Lipinski definition) is 3. The number of amides is 1. The summed E-state index contributed by atoms with van der Waals surface area (Å²) >= 11 is 0. The number of benzene rings is 2. The highest BCUT2D eigenvalue weighted by Gasteiger charge is 2.04. The van der Waals surface area contributed by atoms with Gasteiger partial charge in [0, 0.05) is 13.1 Å². The molecular weight excluding hydrogens is 331 g/mol. The predicted molar refractivity (Wildman–Crippen MR) is 102 cm³/mol. The van der Waals surface area contributed by atoms with Crippen LogP contribution in [-0.4, -0.2) is 31.5 Å². The monoisotopic (exact) mass is 356 g/mol. The fraction of sp³-hybridized carbons (Fsp3) is 0.300. The van der Waals surface area contributed by atoms with Crippen molar-refractivity contribution in [2.75, 3.05) is 19.6 Å². The van der Waals surface area contributed by atoms with E-state index in [9.17, 15) is 9.18 Å². The van der Waals surface area contributed by atoms with Crippen molar-refractivity contribution in [2.45, 2.75) is 19.9 Å². The highest BCUT2D eigenvalue weighted by atomic mass is 19.1. The molecule has 0 spiro atoms. The lowest BCUT2D eigenvalue weighted by molar-refractivity contribution is -0.119. The molecule has 2 aromatic rings. The SMILES string of the molecule is CCNC(=NCc1cccc(F)c1)NCC(=O)NCCc1ccccc1. The van der Waals surface area contributed by atoms with Crippen molar-refractivity contribution < 1.29 is 9.18 Å². The third-order valence-corrected chi connectivity index (χ3v) is 3.65. The quantitative estimate of drug-likeness (QED) is 0.502. The van der Waals surface area contributed by atoms with Crippen LogP contribution in [0, 0.1) is 5.82 Å². The Labute approximate surface area is 153 Å². The van der Waals surface area contributed by atoms with Gasteiger partial charge in [-0.2, -0.15) is 0 Å². The molecule has 2 aromatic carbocycles. The van der Waals surface area contributed by atoms with Crippen LogP contribution in [0.15, 0.2) is 59.6 Å². The summed E-state index contributed by atoms with van der Waals surface area (Å²) in [5, 5.41) is 8.93. The Kier molecular flexibility index (Phi) is 8.12. The standard InChI is InChI=1S/C20H25FN4O/c1-2-22-20(24-14-17-9-6-10-18(21)13-17)25-15-19(26)23-12-11-16-7-4-3-5-8-16/h3-10,13H,2,11-12,14-15H2,1H3,(H,23,26)(H2,22,24,25). The fourth-order valence-electron chi connectivity index (χ4n) is 2.36. The molecule has 1 amide bonds. The lowest BCUT2D eigenvalue weighted by atomic mass is 10.1. The number of guanidine groups is 1. The molecule has 0 heterocycles. The Hall–Kier alpha value is -2.89. The summed E-state index contributed by atoms with van der Waals surface area (Å²) in [6, 6.07) is 16.3. The summed E-state index contributed by atoms with van der Waals surface area (Å²) in [6.45, 7) is 3.66. The van der Waals surface area contributed by atoms with Crippen molar-refractivity contribution in [3.8, 4) is 0 Å². The molecule has 6 heteroatoms. The number of carbonyl (C=O) groups is 1. The number of nitrogens with one attached hydrogen (secondary N) is 3. The van der Waals surface area contributed by atoms with Crippen LogP contribution in [-0.2, 0) is 17.8 Å². The summed E-state index contributed by atoms with van der Waals surface area (Å²) in [4.78, 5) is 16.3. The van der Waals surface area contributed by atoms with Gasteiger partial charge in [-0.3, -0.25) is 4.79 Å². The number of halogens is 1. The van der Waals surface area contributed by atoms with Gasteiger partial charge < -0.3 is 16.0 Å². The average Bonchev–Trinajstić information content (AvgIpc) is 2.65. The van der Waals surface area contributed by atoms with Gasteiger partial charge in [0.2, 0.25) is 5.91 Å². The minimum Gasteiger partial charge on any atom is -0.357 e. The molecule has 0 aromatic heterocycles. The second-order valence-corrected chi connectivity index (χ2v) is 5.76. The van der Waals surface area contributed by atoms with Gasteiger partial charge in [-0.1, -0.05) is 42.5 Å². The predicted octanol–water partition coefficient (Wildman–Crippen LogP) is 2.24. The molecule has 26 heavy (non-hydrogen) atoms. The van der Waals surface area contributed by atoms with Gasteiger partial charge in [0.15, 0.2) is 5.96 Å². The number of hydrogen-bond acceptors (Lipinski definition) is 2. The second kappa shape index (κ2) is 10.9. The molecule has 0 bridgehead atoms. The molecule has 0 radical (unpaired) electrons. The lowest BCUT2D eigenvalue weighted by Crippen LogP contribution is -2.43. The van der Waals surface area contributed by atoms with E-state index < -0.39 is 0 Å². The molecule has 0 saturated heterocycles. The van der Waals surface area contributed by atoms with Crippen molar-refractivity contribution in [1.82, 2.24) is 16.0 Å². The van der Waals surface area contributed by atoms with Crippen molar-refractivity contribution in [2.24, 2.45) is 4.99 Å². The topological polar surface area (TPSA) is 65.5 Å². The summed E-state index contributed by atoms with van der Waals surface area (Å²) < 4.78 is 13.2. The normalized spacial score (nSPS) is 11.1. The molecular formula is C20H25FN4O. The first-order chi connectivity index (χ1) is 12.7. The highest BCUT2D eigenvalue weighted by molar-refractivity contribution is 5.86. The summed E-state index contributed by atoms with van der Waals surface area (Å²) in [5.41, 5.74) is 1.96. The third kappa shape index (κ3) is 7.34. The molecule has 0 saturated carbocycles. The highest BCUT2D eigenvalue weighted by Crippen LogP contribution is 2.04. The molecule has 2 rings (SSSR count). The van der Waals surface area contributed by atoms with Crippen LogP contribution < -0.4 is 16.0 Å². The van der Waals surface area contributed by atoms with E-state index in [1.165, 1.54) is 17.7 Å². The van der Waals surface area contributed by atoms with Crippen molar-refractivity contribution in [1.29, 1.82) is 0 Å². The van der Waals surface area contributed by atoms with Gasteiger partial charge in [-0.05, 0) is 36.6 Å². The van der Waals surface area contributed by atoms with Crippen LogP contribution in [0.2, 0.25) is 0 Å². The van der Waals surface area contributed by atoms with Gasteiger partial charge in [0.1, 0.15) is 5.82 Å². The average molecular weight is 356 g/mol. The van der Waals surface area contributed by atoms with Gasteiger partial charge in [0.25, 0.3) is 0 Å². The molecule has 0 unspecified atom stereocenters. The number of aliphatic imine (C=N–C) groups is 1. The van der Waals surface area contributed by atoms with E-state index in [0.717, 1.165) is 12.0 Å². The Morgan fingerprint density at radius 3 is 2.50 bits per heavy atom. The lowest BCUT2D eigenvalue weighted by Gasteiger charge is -2.11. The van der Waals surface area contributed by atoms with E-state index in [0.29, 0.717) is 25.6 Å². The maximum Gasteiger partial charge on any atom is 0.239 e. The first-order valence-electron chi connectivity index (χ1n) is 8.74. The molecule has 0 aliphatic heterocycles. The van der Waals surface area contributed by atoms with Crippen molar-refractivity contribution in [3.63, 3.8) is 0 Å². The zero-order valence-electron chi connectivity index (χ0n) is 15.0.